The van der Waals surface area contributed by atoms with Crippen LogP contribution in [0.25, 0.3) is 17.0 Å². The molecular weight excluding hydrogens is 494 g/mol. The lowest BCUT2D eigenvalue weighted by atomic mass is 9.54. The Bertz CT molecular complexity index is 1460. The molecule has 11 nitrogen and oxygen atoms in total. The molecule has 0 spiro atoms. The number of benzene rings is 1. The van der Waals surface area contributed by atoms with Crippen LogP contribution in [0, 0.1) is 11.8 Å². The van der Waals surface area contributed by atoms with Crippen LogP contribution in [0.4, 0.5) is 0 Å². The number of phenols is 1. The van der Waals surface area contributed by atoms with Crippen molar-refractivity contribution in [2.45, 2.75) is 30.6 Å². The average Bonchev–Trinajstić information content (AvgIpc) is 2.86. The third kappa shape index (κ3) is 3.12. The first-order valence-electron chi connectivity index (χ1n) is 12.0. The maximum absolute atomic E-state index is 14.0. The number of carbonyl (C=O) groups excluding carboxylic acids is 3. The number of fused-ring (bicyclic) bond motifs is 3. The number of carbonyl (C=O) groups is 3. The summed E-state index contributed by atoms with van der Waals surface area (Å²) in [5.74, 6) is -9.32. The fourth-order valence-electron chi connectivity index (χ4n) is 6.44. The number of phenolic OH excluding ortho intramolecular Hbond substituents is 1. The monoisotopic (exact) mass is 521 g/mol. The summed E-state index contributed by atoms with van der Waals surface area (Å²) in [6.45, 7) is 1.68. The molecule has 0 radical (unpaired) electrons. The first kappa shape index (κ1) is 25.6. The van der Waals surface area contributed by atoms with Crippen molar-refractivity contribution in [3.8, 4) is 17.0 Å². The highest BCUT2D eigenvalue weighted by Gasteiger charge is 2.68. The predicted molar refractivity (Wildman–Crippen MR) is 134 cm³/mol. The van der Waals surface area contributed by atoms with Gasteiger partial charge in [0.25, 0.3) is 5.91 Å². The zero-order valence-electron chi connectivity index (χ0n) is 20.8. The molecule has 198 valence electrons. The first-order valence-corrected chi connectivity index (χ1v) is 12.0. The van der Waals surface area contributed by atoms with Gasteiger partial charge in [0.15, 0.2) is 11.4 Å². The minimum absolute atomic E-state index is 0.0795. The minimum Gasteiger partial charge on any atom is -0.508 e. The SMILES string of the molecule is C[C@H]1c2c(-c3ccccn3)ccc(O)c2C(O)=C2C(=O)[C@]3(O)C(O)=C(C(N)=O)C(=O)[C@H](N(C)C)[C@@H]3[C@@H](O)[C@@H]21. The molecule has 2 aromatic rings. The highest BCUT2D eigenvalue weighted by Crippen LogP contribution is 2.57. The van der Waals surface area contributed by atoms with Crippen molar-refractivity contribution in [1.29, 1.82) is 0 Å². The van der Waals surface area contributed by atoms with Crippen molar-refractivity contribution in [3.05, 3.63) is 64.6 Å². The maximum Gasteiger partial charge on any atom is 0.255 e. The van der Waals surface area contributed by atoms with E-state index in [1.165, 1.54) is 25.1 Å². The number of hydrogen-bond donors (Lipinski definition) is 6. The molecule has 3 aliphatic rings. The summed E-state index contributed by atoms with van der Waals surface area (Å²) in [6.07, 6.45) is -0.0897. The lowest BCUT2D eigenvalue weighted by Gasteiger charge is -2.53. The van der Waals surface area contributed by atoms with Gasteiger partial charge in [-0.05, 0) is 49.8 Å². The summed E-state index contributed by atoms with van der Waals surface area (Å²) in [5, 5.41) is 56.5. The summed E-state index contributed by atoms with van der Waals surface area (Å²) < 4.78 is 0. The molecule has 1 aromatic carbocycles. The highest BCUT2D eigenvalue weighted by atomic mass is 16.4. The number of ketones is 2. The number of aliphatic hydroxyl groups is 4. The molecular formula is C27H27N3O8. The van der Waals surface area contributed by atoms with Crippen molar-refractivity contribution in [2.75, 3.05) is 14.1 Å². The van der Waals surface area contributed by atoms with E-state index in [0.29, 0.717) is 16.8 Å². The Morgan fingerprint density at radius 3 is 2.37 bits per heavy atom. The number of aromatic hydroxyl groups is 1. The topological polar surface area (TPSA) is 195 Å². The van der Waals surface area contributed by atoms with Gasteiger partial charge in [0.2, 0.25) is 5.78 Å². The fraction of sp³-hybridized carbons (Fsp3) is 0.333. The van der Waals surface area contributed by atoms with Crippen molar-refractivity contribution in [2.24, 2.45) is 17.6 Å². The van der Waals surface area contributed by atoms with Crippen LogP contribution in [-0.4, -0.2) is 84.7 Å². The number of primary amides is 1. The lowest BCUT2D eigenvalue weighted by Crippen LogP contribution is -2.70. The molecule has 1 amide bonds. The van der Waals surface area contributed by atoms with Crippen LogP contribution in [0.15, 0.2) is 53.4 Å². The molecule has 38 heavy (non-hydrogen) atoms. The molecule has 1 heterocycles. The van der Waals surface area contributed by atoms with Crippen LogP contribution in [0.3, 0.4) is 0 Å². The zero-order valence-corrected chi connectivity index (χ0v) is 20.8. The van der Waals surface area contributed by atoms with Gasteiger partial charge in [0.05, 0.1) is 29.3 Å². The van der Waals surface area contributed by atoms with E-state index in [9.17, 15) is 39.9 Å². The number of nitrogens with two attached hydrogens (primary N) is 1. The summed E-state index contributed by atoms with van der Waals surface area (Å²) in [5.41, 5.74) is 2.38. The standard InChI is InChI=1S/C27H27N3O8/c1-10-14-11(12-6-4-5-9-29-12)7-8-13(31)16(14)21(32)17-15(10)22(33)19-20(30(2)3)23(34)18(26(28)37)25(36)27(19,38)24(17)35/h4-10,15,19-20,22,31-33,36,38H,1-3H3,(H2,28,37)/t10-,15+,19+,20+,22-,27-/m0/s1. The average molecular weight is 522 g/mol. The van der Waals surface area contributed by atoms with E-state index in [0.717, 1.165) is 0 Å². The fourth-order valence-corrected chi connectivity index (χ4v) is 6.44. The number of nitrogens with zero attached hydrogens (tertiary/aromatic N) is 2. The smallest absolute Gasteiger partial charge is 0.255 e. The number of aliphatic hydroxyl groups excluding tert-OH is 3. The van der Waals surface area contributed by atoms with E-state index in [-0.39, 0.29) is 11.3 Å². The Morgan fingerprint density at radius 1 is 1.11 bits per heavy atom. The summed E-state index contributed by atoms with van der Waals surface area (Å²) in [6, 6.07) is 6.75. The molecule has 0 unspecified atom stereocenters. The Balaban J connectivity index is 1.83. The number of likely N-dealkylation sites (N-methyl/N-ethyl adjacent to an activating group) is 1. The van der Waals surface area contributed by atoms with Gasteiger partial charge in [-0.3, -0.25) is 24.3 Å². The summed E-state index contributed by atoms with van der Waals surface area (Å²) >= 11 is 0. The maximum atomic E-state index is 14.0. The molecule has 3 aliphatic carbocycles. The minimum atomic E-state index is -2.95. The zero-order chi connectivity index (χ0) is 27.8. The van der Waals surface area contributed by atoms with Crippen LogP contribution in [0.1, 0.15) is 24.0 Å². The Hall–Kier alpha value is -4.06. The van der Waals surface area contributed by atoms with Crippen LogP contribution in [0.2, 0.25) is 0 Å². The third-order valence-electron chi connectivity index (χ3n) is 8.05. The summed E-state index contributed by atoms with van der Waals surface area (Å²) in [4.78, 5) is 45.0. The highest BCUT2D eigenvalue weighted by molar-refractivity contribution is 6.24. The number of aromatic nitrogens is 1. The van der Waals surface area contributed by atoms with Crippen molar-refractivity contribution < 1.29 is 39.9 Å². The molecule has 6 atom stereocenters. The molecule has 11 heteroatoms. The molecule has 0 bridgehead atoms. The normalized spacial score (nSPS) is 30.7. The van der Waals surface area contributed by atoms with Gasteiger partial charge >= 0.3 is 0 Å². The van der Waals surface area contributed by atoms with Crippen LogP contribution in [0.5, 0.6) is 5.75 Å². The largest absolute Gasteiger partial charge is 0.508 e. The van der Waals surface area contributed by atoms with E-state index in [1.54, 1.807) is 37.4 Å². The first-order chi connectivity index (χ1) is 17.8. The molecule has 1 fully saturated rings. The predicted octanol–water partition coefficient (Wildman–Crippen LogP) is 0.558. The van der Waals surface area contributed by atoms with E-state index >= 15 is 0 Å². The van der Waals surface area contributed by atoms with Gasteiger partial charge in [0, 0.05) is 23.3 Å². The molecule has 7 N–H and O–H groups in total. The van der Waals surface area contributed by atoms with Crippen molar-refractivity contribution in [1.82, 2.24) is 9.88 Å². The number of rotatable bonds is 3. The van der Waals surface area contributed by atoms with Gasteiger partial charge in [-0.2, -0.15) is 0 Å². The molecule has 0 aliphatic heterocycles. The van der Waals surface area contributed by atoms with Crippen LogP contribution >= 0.6 is 0 Å². The lowest BCUT2D eigenvalue weighted by molar-refractivity contribution is -0.169. The van der Waals surface area contributed by atoms with Gasteiger partial charge < -0.3 is 31.3 Å². The number of Topliss-reactive ketones (excluding diaryl/α,β-unsaturated/α-hetero) is 2. The second kappa shape index (κ2) is 8.48. The second-order valence-electron chi connectivity index (χ2n) is 10.2. The molecule has 1 saturated carbocycles. The number of amides is 1. The Labute approximate surface area is 217 Å². The van der Waals surface area contributed by atoms with Gasteiger partial charge in [-0.1, -0.05) is 13.0 Å². The molecule has 5 rings (SSSR count). The van der Waals surface area contributed by atoms with E-state index in [4.69, 9.17) is 5.73 Å². The molecule has 1 aromatic heterocycles. The number of pyridine rings is 1. The quantitative estimate of drug-likeness (QED) is 0.311. The van der Waals surface area contributed by atoms with Gasteiger partial charge in [0.1, 0.15) is 22.8 Å². The van der Waals surface area contributed by atoms with Gasteiger partial charge in [-0.25, -0.2) is 0 Å². The molecule has 0 saturated heterocycles. The number of hydrogen-bond acceptors (Lipinski definition) is 10. The van der Waals surface area contributed by atoms with E-state index in [2.05, 4.69) is 4.98 Å². The van der Waals surface area contributed by atoms with E-state index < -0.39 is 75.6 Å². The van der Waals surface area contributed by atoms with E-state index in [1.807, 2.05) is 0 Å². The Kier molecular flexibility index (Phi) is 5.71. The van der Waals surface area contributed by atoms with Crippen LogP contribution < -0.4 is 5.73 Å². The van der Waals surface area contributed by atoms with Crippen molar-refractivity contribution in [3.63, 3.8) is 0 Å². The van der Waals surface area contributed by atoms with Gasteiger partial charge in [-0.15, -0.1) is 0 Å². The second-order valence-corrected chi connectivity index (χ2v) is 10.2. The summed E-state index contributed by atoms with van der Waals surface area (Å²) in [7, 11) is 2.92. The Morgan fingerprint density at radius 2 is 1.79 bits per heavy atom. The van der Waals surface area contributed by atoms with Crippen molar-refractivity contribution >= 4 is 23.2 Å². The third-order valence-corrected chi connectivity index (χ3v) is 8.05. The van der Waals surface area contributed by atoms with Crippen LogP contribution in [-0.2, 0) is 14.4 Å².